The van der Waals surface area contributed by atoms with Gasteiger partial charge in [0, 0.05) is 20.9 Å². The lowest BCUT2D eigenvalue weighted by Crippen LogP contribution is -2.41. The quantitative estimate of drug-likeness (QED) is 0.591. The number of esters is 1. The van der Waals surface area contributed by atoms with E-state index in [1.807, 2.05) is 0 Å². The molecule has 1 heterocycles. The third-order valence-corrected chi connectivity index (χ3v) is 2.64. The van der Waals surface area contributed by atoms with Gasteiger partial charge in [0.25, 0.3) is 5.91 Å². The van der Waals surface area contributed by atoms with E-state index < -0.39 is 29.7 Å². The summed E-state index contributed by atoms with van der Waals surface area (Å²) in [4.78, 5) is 35.3. The number of ether oxygens (including phenoxy) is 2. The molecule has 1 aliphatic heterocycles. The second-order valence-electron chi connectivity index (χ2n) is 4.61. The minimum absolute atomic E-state index is 0.220. The van der Waals surface area contributed by atoms with Crippen LogP contribution in [-0.2, 0) is 23.9 Å². The highest BCUT2D eigenvalue weighted by Crippen LogP contribution is 2.26. The third-order valence-electron chi connectivity index (χ3n) is 2.64. The Morgan fingerprint density at radius 2 is 2.00 bits per heavy atom. The Morgan fingerprint density at radius 3 is 2.37 bits per heavy atom. The summed E-state index contributed by atoms with van der Waals surface area (Å²) < 4.78 is 10.0. The van der Waals surface area contributed by atoms with E-state index in [-0.39, 0.29) is 12.2 Å². The molecule has 1 rings (SSSR count). The van der Waals surface area contributed by atoms with E-state index in [9.17, 15) is 14.4 Å². The molecule has 0 aromatic rings. The van der Waals surface area contributed by atoms with Crippen LogP contribution in [-0.4, -0.2) is 46.7 Å². The molecule has 0 aromatic carbocycles. The molecule has 1 fully saturated rings. The number of nitrogens with zero attached hydrogens (tertiary/aromatic N) is 1. The normalized spacial score (nSPS) is 20.6. The van der Waals surface area contributed by atoms with Crippen LogP contribution in [0.1, 0.15) is 27.2 Å². The predicted octanol–water partition coefficient (Wildman–Crippen LogP) is 0.501. The van der Waals surface area contributed by atoms with E-state index >= 15 is 0 Å². The molecular weight excluding hydrogens is 254 g/mol. The van der Waals surface area contributed by atoms with Crippen molar-refractivity contribution in [1.82, 2.24) is 4.90 Å². The van der Waals surface area contributed by atoms with Crippen LogP contribution in [0.15, 0.2) is 11.8 Å². The second kappa shape index (κ2) is 5.29. The summed E-state index contributed by atoms with van der Waals surface area (Å²) in [6.07, 6.45) is 1.21. The van der Waals surface area contributed by atoms with Crippen LogP contribution < -0.4 is 0 Å². The van der Waals surface area contributed by atoms with Gasteiger partial charge in [-0.15, -0.1) is 0 Å². The number of carbonyl (C=O) groups is 3. The van der Waals surface area contributed by atoms with Crippen molar-refractivity contribution in [3.63, 3.8) is 0 Å². The standard InChI is InChI=1S/C12H17NO6/c1-5-7(10(15)16)13(4)9(14)6-8-11(17)19-12(2,3)18-8/h6-7H,5H2,1-4H3,(H,15,16). The van der Waals surface area contributed by atoms with Gasteiger partial charge >= 0.3 is 11.9 Å². The summed E-state index contributed by atoms with van der Waals surface area (Å²) in [6, 6.07) is -0.949. The minimum Gasteiger partial charge on any atom is -0.480 e. The van der Waals surface area contributed by atoms with Crippen molar-refractivity contribution < 1.29 is 29.0 Å². The average Bonchev–Trinajstić information content (AvgIpc) is 2.51. The van der Waals surface area contributed by atoms with Crippen LogP contribution in [0.25, 0.3) is 0 Å². The molecule has 0 spiro atoms. The first kappa shape index (κ1) is 15.0. The predicted molar refractivity (Wildman–Crippen MR) is 63.8 cm³/mol. The number of rotatable bonds is 4. The molecule has 0 radical (unpaired) electrons. The summed E-state index contributed by atoms with van der Waals surface area (Å²) in [5, 5.41) is 8.95. The number of carboxylic acid groups (broad SMARTS) is 1. The van der Waals surface area contributed by atoms with Gasteiger partial charge in [-0.05, 0) is 6.42 Å². The molecule has 7 nitrogen and oxygen atoms in total. The third kappa shape index (κ3) is 3.46. The number of hydrogen-bond donors (Lipinski definition) is 1. The first-order valence-electron chi connectivity index (χ1n) is 5.81. The molecule has 106 valence electrons. The smallest absolute Gasteiger partial charge is 0.377 e. The van der Waals surface area contributed by atoms with Crippen LogP contribution >= 0.6 is 0 Å². The molecule has 1 aliphatic rings. The maximum absolute atomic E-state index is 11.9. The molecule has 19 heavy (non-hydrogen) atoms. The monoisotopic (exact) mass is 271 g/mol. The molecule has 0 aliphatic carbocycles. The van der Waals surface area contributed by atoms with Crippen molar-refractivity contribution in [3.8, 4) is 0 Å². The lowest BCUT2D eigenvalue weighted by atomic mass is 10.2. The molecule has 1 saturated heterocycles. The van der Waals surface area contributed by atoms with Gasteiger partial charge in [0.15, 0.2) is 0 Å². The first-order valence-corrected chi connectivity index (χ1v) is 5.81. The lowest BCUT2D eigenvalue weighted by molar-refractivity contribution is -0.159. The van der Waals surface area contributed by atoms with Crippen LogP contribution in [0, 0.1) is 0 Å². The van der Waals surface area contributed by atoms with Crippen molar-refractivity contribution in [2.75, 3.05) is 7.05 Å². The number of cyclic esters (lactones) is 1. The van der Waals surface area contributed by atoms with E-state index in [0.29, 0.717) is 0 Å². The molecule has 0 aromatic heterocycles. The molecule has 1 amide bonds. The summed E-state index contributed by atoms with van der Waals surface area (Å²) in [6.45, 7) is 4.72. The van der Waals surface area contributed by atoms with E-state index in [1.165, 1.54) is 20.9 Å². The van der Waals surface area contributed by atoms with Gasteiger partial charge in [-0.2, -0.15) is 0 Å². The van der Waals surface area contributed by atoms with Gasteiger partial charge in [0.05, 0.1) is 6.08 Å². The van der Waals surface area contributed by atoms with Gasteiger partial charge < -0.3 is 19.5 Å². The SMILES string of the molecule is CCC(C(=O)O)N(C)C(=O)C=C1OC(C)(C)OC1=O. The topological polar surface area (TPSA) is 93.1 Å². The van der Waals surface area contributed by atoms with Gasteiger partial charge in [-0.25, -0.2) is 9.59 Å². The van der Waals surface area contributed by atoms with Gasteiger partial charge in [0.2, 0.25) is 11.5 Å². The summed E-state index contributed by atoms with van der Waals surface area (Å²) >= 11 is 0. The van der Waals surface area contributed by atoms with Gasteiger partial charge in [0.1, 0.15) is 6.04 Å². The lowest BCUT2D eigenvalue weighted by Gasteiger charge is -2.22. The van der Waals surface area contributed by atoms with Crippen LogP contribution in [0.5, 0.6) is 0 Å². The summed E-state index contributed by atoms with van der Waals surface area (Å²) in [5.41, 5.74) is 0. The molecule has 7 heteroatoms. The number of carbonyl (C=O) groups excluding carboxylic acids is 2. The fraction of sp³-hybridized carbons (Fsp3) is 0.583. The van der Waals surface area contributed by atoms with Crippen molar-refractivity contribution in [3.05, 3.63) is 11.8 Å². The largest absolute Gasteiger partial charge is 0.480 e. The highest BCUT2D eigenvalue weighted by molar-refractivity contribution is 5.99. The highest BCUT2D eigenvalue weighted by atomic mass is 16.8. The van der Waals surface area contributed by atoms with Crippen molar-refractivity contribution in [2.24, 2.45) is 0 Å². The Kier molecular flexibility index (Phi) is 4.18. The Labute approximate surface area is 110 Å². The number of amides is 1. The highest BCUT2D eigenvalue weighted by Gasteiger charge is 2.38. The molecule has 0 bridgehead atoms. The van der Waals surface area contributed by atoms with Crippen molar-refractivity contribution in [2.45, 2.75) is 39.0 Å². The fourth-order valence-corrected chi connectivity index (χ4v) is 1.67. The zero-order valence-electron chi connectivity index (χ0n) is 11.3. The molecule has 1 N–H and O–H groups in total. The van der Waals surface area contributed by atoms with Gasteiger partial charge in [-0.1, -0.05) is 6.92 Å². The zero-order valence-corrected chi connectivity index (χ0v) is 11.3. The van der Waals surface area contributed by atoms with E-state index in [4.69, 9.17) is 14.6 Å². The zero-order chi connectivity index (χ0) is 14.8. The maximum atomic E-state index is 11.9. The Balaban J connectivity index is 2.85. The molecule has 1 atom stereocenters. The second-order valence-corrected chi connectivity index (χ2v) is 4.61. The Bertz CT molecular complexity index is 440. The molecule has 0 saturated carbocycles. The van der Waals surface area contributed by atoms with Crippen molar-refractivity contribution in [1.29, 1.82) is 0 Å². The van der Waals surface area contributed by atoms with Crippen LogP contribution in [0.4, 0.5) is 0 Å². The number of carboxylic acids is 1. The Morgan fingerprint density at radius 1 is 1.42 bits per heavy atom. The van der Waals surface area contributed by atoms with E-state index in [1.54, 1.807) is 6.92 Å². The van der Waals surface area contributed by atoms with Gasteiger partial charge in [-0.3, -0.25) is 4.79 Å². The fourth-order valence-electron chi connectivity index (χ4n) is 1.67. The number of likely N-dealkylation sites (N-methyl/N-ethyl adjacent to an activating group) is 1. The Hall–Kier alpha value is -2.05. The first-order chi connectivity index (χ1) is 8.68. The van der Waals surface area contributed by atoms with E-state index in [2.05, 4.69) is 0 Å². The minimum atomic E-state index is -1.11. The summed E-state index contributed by atoms with van der Waals surface area (Å²) in [5.74, 6) is -3.80. The van der Waals surface area contributed by atoms with E-state index in [0.717, 1.165) is 11.0 Å². The molecular formula is C12H17NO6. The average molecular weight is 271 g/mol. The van der Waals surface area contributed by atoms with Crippen LogP contribution in [0.2, 0.25) is 0 Å². The number of aliphatic carboxylic acids is 1. The maximum Gasteiger partial charge on any atom is 0.377 e. The summed E-state index contributed by atoms with van der Waals surface area (Å²) in [7, 11) is 1.35. The van der Waals surface area contributed by atoms with Crippen molar-refractivity contribution >= 4 is 17.8 Å². The number of hydrogen-bond acceptors (Lipinski definition) is 5. The molecule has 1 unspecified atom stereocenters. The van der Waals surface area contributed by atoms with Crippen LogP contribution in [0.3, 0.4) is 0 Å².